The molecule has 0 saturated carbocycles. The summed E-state index contributed by atoms with van der Waals surface area (Å²) in [6.07, 6.45) is 2.92. The van der Waals surface area contributed by atoms with Crippen molar-refractivity contribution in [3.63, 3.8) is 0 Å². The maximum atomic E-state index is 4.42. The van der Waals surface area contributed by atoms with Crippen LogP contribution in [0.25, 0.3) is 0 Å². The van der Waals surface area contributed by atoms with Crippen molar-refractivity contribution in [2.75, 3.05) is 36.7 Å². The Morgan fingerprint density at radius 1 is 1.19 bits per heavy atom. The maximum absolute atomic E-state index is 4.42. The van der Waals surface area contributed by atoms with E-state index in [4.69, 9.17) is 0 Å². The molecule has 2 heterocycles. The number of rotatable bonds is 6. The van der Waals surface area contributed by atoms with Gasteiger partial charge in [0, 0.05) is 46.5 Å². The minimum atomic E-state index is 0.540. The third kappa shape index (κ3) is 3.59. The van der Waals surface area contributed by atoms with Crippen molar-refractivity contribution in [3.05, 3.63) is 17.5 Å². The van der Waals surface area contributed by atoms with Crippen LogP contribution in [0.15, 0.2) is 6.20 Å². The highest BCUT2D eigenvalue weighted by molar-refractivity contribution is 5.43. The van der Waals surface area contributed by atoms with E-state index >= 15 is 0 Å². The largest absolute Gasteiger partial charge is 0.357 e. The Bertz CT molecular complexity index is 604. The molecule has 0 fully saturated rings. The molecular formula is C13H22N8. The van der Waals surface area contributed by atoms with Gasteiger partial charge in [-0.15, -0.1) is 0 Å². The molecule has 0 radical (unpaired) electrons. The van der Waals surface area contributed by atoms with Crippen LogP contribution in [0.4, 0.5) is 17.8 Å². The van der Waals surface area contributed by atoms with Crippen LogP contribution in [0.5, 0.6) is 0 Å². The summed E-state index contributed by atoms with van der Waals surface area (Å²) in [4.78, 5) is 14.8. The first kappa shape index (κ1) is 15.0. The lowest BCUT2D eigenvalue weighted by Gasteiger charge is -2.13. The first-order valence-corrected chi connectivity index (χ1v) is 6.90. The van der Waals surface area contributed by atoms with Gasteiger partial charge in [-0.2, -0.15) is 20.1 Å². The highest BCUT2D eigenvalue weighted by Gasteiger charge is 2.09. The Balaban J connectivity index is 2.17. The van der Waals surface area contributed by atoms with Crippen molar-refractivity contribution in [2.45, 2.75) is 19.9 Å². The molecule has 0 amide bonds. The molecule has 2 aromatic rings. The number of nitrogens with one attached hydrogen (secondary N) is 2. The van der Waals surface area contributed by atoms with Crippen LogP contribution in [-0.2, 0) is 20.0 Å². The molecule has 0 atom stereocenters. The zero-order valence-electron chi connectivity index (χ0n) is 13.2. The second-order valence-electron chi connectivity index (χ2n) is 4.91. The van der Waals surface area contributed by atoms with Gasteiger partial charge < -0.3 is 15.5 Å². The molecule has 0 aromatic carbocycles. The molecule has 8 nitrogen and oxygen atoms in total. The van der Waals surface area contributed by atoms with Gasteiger partial charge in [-0.05, 0) is 6.42 Å². The molecule has 2 rings (SSSR count). The van der Waals surface area contributed by atoms with E-state index in [1.165, 1.54) is 0 Å². The normalized spacial score (nSPS) is 10.5. The third-order valence-corrected chi connectivity index (χ3v) is 3.01. The molecule has 2 aromatic heterocycles. The first-order valence-electron chi connectivity index (χ1n) is 6.90. The van der Waals surface area contributed by atoms with Crippen LogP contribution < -0.4 is 15.5 Å². The zero-order chi connectivity index (χ0) is 15.4. The van der Waals surface area contributed by atoms with Crippen molar-refractivity contribution in [1.29, 1.82) is 0 Å². The van der Waals surface area contributed by atoms with Gasteiger partial charge in [0.15, 0.2) is 0 Å². The van der Waals surface area contributed by atoms with Gasteiger partial charge >= 0.3 is 0 Å². The minimum absolute atomic E-state index is 0.540. The highest BCUT2D eigenvalue weighted by Crippen LogP contribution is 2.13. The Hall–Kier alpha value is -2.38. The Kier molecular flexibility index (Phi) is 4.56. The summed E-state index contributed by atoms with van der Waals surface area (Å²) in [5, 5.41) is 10.6. The lowest BCUT2D eigenvalue weighted by atomic mass is 10.2. The van der Waals surface area contributed by atoms with Crippen LogP contribution in [-0.4, -0.2) is 45.9 Å². The van der Waals surface area contributed by atoms with E-state index in [0.717, 1.165) is 17.7 Å². The summed E-state index contributed by atoms with van der Waals surface area (Å²) in [5.41, 5.74) is 2.23. The molecule has 0 aliphatic rings. The van der Waals surface area contributed by atoms with E-state index in [0.29, 0.717) is 24.4 Å². The van der Waals surface area contributed by atoms with E-state index in [1.807, 2.05) is 36.9 Å². The van der Waals surface area contributed by atoms with Gasteiger partial charge in [0.05, 0.1) is 5.69 Å². The molecule has 8 heteroatoms. The fourth-order valence-corrected chi connectivity index (χ4v) is 1.96. The average Bonchev–Trinajstić information content (AvgIpc) is 2.84. The van der Waals surface area contributed by atoms with Gasteiger partial charge in [0.2, 0.25) is 17.8 Å². The standard InChI is InChI=1S/C13H22N8/c1-6-10-9(8-21(5)19-10)7-15-12-16-11(14-2)17-13(18-12)20(3)4/h8H,6-7H2,1-5H3,(H2,14,15,16,17,18). The van der Waals surface area contributed by atoms with Gasteiger partial charge in [-0.1, -0.05) is 6.92 Å². The Morgan fingerprint density at radius 3 is 2.52 bits per heavy atom. The molecule has 0 aliphatic carbocycles. The lowest BCUT2D eigenvalue weighted by Crippen LogP contribution is -2.16. The topological polar surface area (TPSA) is 83.8 Å². The van der Waals surface area contributed by atoms with Gasteiger partial charge in [0.25, 0.3) is 0 Å². The van der Waals surface area contributed by atoms with Crippen LogP contribution in [0.2, 0.25) is 0 Å². The van der Waals surface area contributed by atoms with Crippen molar-refractivity contribution >= 4 is 17.8 Å². The molecule has 0 unspecified atom stereocenters. The van der Waals surface area contributed by atoms with Crippen LogP contribution in [0.3, 0.4) is 0 Å². The zero-order valence-corrected chi connectivity index (χ0v) is 13.2. The second-order valence-corrected chi connectivity index (χ2v) is 4.91. The molecule has 21 heavy (non-hydrogen) atoms. The van der Waals surface area contributed by atoms with Gasteiger partial charge in [0.1, 0.15) is 0 Å². The Morgan fingerprint density at radius 2 is 1.90 bits per heavy atom. The smallest absolute Gasteiger partial charge is 0.231 e. The number of anilines is 3. The number of nitrogens with zero attached hydrogens (tertiary/aromatic N) is 6. The molecule has 0 bridgehead atoms. The van der Waals surface area contributed by atoms with Gasteiger partial charge in [-0.25, -0.2) is 0 Å². The quantitative estimate of drug-likeness (QED) is 0.817. The summed E-state index contributed by atoms with van der Waals surface area (Å²) in [6, 6.07) is 0. The van der Waals surface area contributed by atoms with Crippen LogP contribution in [0, 0.1) is 0 Å². The van der Waals surface area contributed by atoms with E-state index in [2.05, 4.69) is 37.6 Å². The number of aryl methyl sites for hydroxylation is 2. The average molecular weight is 290 g/mol. The third-order valence-electron chi connectivity index (χ3n) is 3.01. The van der Waals surface area contributed by atoms with E-state index in [1.54, 1.807) is 7.05 Å². The van der Waals surface area contributed by atoms with E-state index in [-0.39, 0.29) is 0 Å². The monoisotopic (exact) mass is 290 g/mol. The van der Waals surface area contributed by atoms with Crippen molar-refractivity contribution in [2.24, 2.45) is 7.05 Å². The number of aromatic nitrogens is 5. The summed E-state index contributed by atoms with van der Waals surface area (Å²) in [5.74, 6) is 1.70. The predicted octanol–water partition coefficient (Wildman–Crippen LogP) is 0.887. The fraction of sp³-hybridized carbons (Fsp3) is 0.538. The van der Waals surface area contributed by atoms with E-state index in [9.17, 15) is 0 Å². The Labute approximate surface area is 124 Å². The lowest BCUT2D eigenvalue weighted by molar-refractivity contribution is 0.746. The number of hydrogen-bond donors (Lipinski definition) is 2. The van der Waals surface area contributed by atoms with Crippen molar-refractivity contribution in [3.8, 4) is 0 Å². The fourth-order valence-electron chi connectivity index (χ4n) is 1.96. The second kappa shape index (κ2) is 6.38. The molecular weight excluding hydrogens is 268 g/mol. The molecule has 2 N–H and O–H groups in total. The SMILES string of the molecule is CCc1nn(C)cc1CNc1nc(NC)nc(N(C)C)n1. The predicted molar refractivity (Wildman–Crippen MR) is 83.6 cm³/mol. The summed E-state index contributed by atoms with van der Waals surface area (Å²) in [6.45, 7) is 2.73. The van der Waals surface area contributed by atoms with Crippen molar-refractivity contribution < 1.29 is 0 Å². The first-order chi connectivity index (χ1) is 10.0. The summed E-state index contributed by atoms with van der Waals surface area (Å²) >= 11 is 0. The van der Waals surface area contributed by atoms with Crippen LogP contribution >= 0.6 is 0 Å². The summed E-state index contributed by atoms with van der Waals surface area (Å²) in [7, 11) is 7.51. The van der Waals surface area contributed by atoms with Gasteiger partial charge in [-0.3, -0.25) is 4.68 Å². The highest BCUT2D eigenvalue weighted by atomic mass is 15.3. The van der Waals surface area contributed by atoms with E-state index < -0.39 is 0 Å². The minimum Gasteiger partial charge on any atom is -0.357 e. The summed E-state index contributed by atoms with van der Waals surface area (Å²) < 4.78 is 1.83. The van der Waals surface area contributed by atoms with Crippen molar-refractivity contribution in [1.82, 2.24) is 24.7 Å². The van der Waals surface area contributed by atoms with Crippen LogP contribution in [0.1, 0.15) is 18.2 Å². The maximum Gasteiger partial charge on any atom is 0.231 e. The molecule has 0 saturated heterocycles. The molecule has 0 aliphatic heterocycles. The molecule has 0 spiro atoms. The molecule has 114 valence electrons. The number of hydrogen-bond acceptors (Lipinski definition) is 7.